The standard InChI is InChI=1S/C21H22N4O6/c1-5-15-16(10-22)19(27)25(24-17(15)6-2)11-18(26)23-14-8-12(20(28)30-3)7-13(9-14)21(29)31-4/h7-9H,5-6,11H2,1-4H3,(H,23,26). The van der Waals surface area contributed by atoms with Gasteiger partial charge in [-0.15, -0.1) is 0 Å². The first kappa shape index (κ1) is 23.3. The molecule has 1 N–H and O–H groups in total. The van der Waals surface area contributed by atoms with Crippen molar-refractivity contribution in [3.05, 3.63) is 56.5 Å². The Balaban J connectivity index is 2.39. The lowest BCUT2D eigenvalue weighted by Gasteiger charge is -2.13. The van der Waals surface area contributed by atoms with Gasteiger partial charge in [-0.1, -0.05) is 13.8 Å². The van der Waals surface area contributed by atoms with E-state index >= 15 is 0 Å². The minimum atomic E-state index is -0.708. The van der Waals surface area contributed by atoms with Crippen molar-refractivity contribution in [3.8, 4) is 6.07 Å². The van der Waals surface area contributed by atoms with Crippen LogP contribution in [-0.2, 0) is 33.7 Å². The van der Waals surface area contributed by atoms with Crippen LogP contribution in [-0.4, -0.2) is 41.8 Å². The molecule has 0 radical (unpaired) electrons. The zero-order chi connectivity index (χ0) is 23.1. The smallest absolute Gasteiger partial charge is 0.337 e. The zero-order valence-corrected chi connectivity index (χ0v) is 17.6. The quantitative estimate of drug-likeness (QED) is 0.656. The van der Waals surface area contributed by atoms with E-state index in [2.05, 4.69) is 19.9 Å². The number of nitrogens with zero attached hydrogens (tertiary/aromatic N) is 3. The molecule has 162 valence electrons. The first-order chi connectivity index (χ1) is 14.8. The van der Waals surface area contributed by atoms with Crippen LogP contribution < -0.4 is 10.9 Å². The molecule has 31 heavy (non-hydrogen) atoms. The Labute approximate surface area is 178 Å². The summed E-state index contributed by atoms with van der Waals surface area (Å²) in [6.45, 7) is 3.20. The molecule has 2 aromatic rings. The first-order valence-corrected chi connectivity index (χ1v) is 9.44. The fourth-order valence-electron chi connectivity index (χ4n) is 3.05. The fraction of sp³-hybridized carbons (Fsp3) is 0.333. The molecule has 0 saturated carbocycles. The molecule has 0 aliphatic carbocycles. The largest absolute Gasteiger partial charge is 0.465 e. The number of nitriles is 1. The van der Waals surface area contributed by atoms with Gasteiger partial charge in [-0.2, -0.15) is 10.4 Å². The zero-order valence-electron chi connectivity index (χ0n) is 17.6. The number of rotatable bonds is 7. The van der Waals surface area contributed by atoms with E-state index in [0.29, 0.717) is 24.1 Å². The van der Waals surface area contributed by atoms with Gasteiger partial charge >= 0.3 is 11.9 Å². The van der Waals surface area contributed by atoms with Crippen LogP contribution >= 0.6 is 0 Å². The summed E-state index contributed by atoms with van der Waals surface area (Å²) >= 11 is 0. The Bertz CT molecular complexity index is 1100. The molecule has 2 rings (SSSR count). The van der Waals surface area contributed by atoms with Gasteiger partial charge in [0.05, 0.1) is 31.0 Å². The van der Waals surface area contributed by atoms with Crippen molar-refractivity contribution in [2.45, 2.75) is 33.2 Å². The summed E-state index contributed by atoms with van der Waals surface area (Å²) in [6.07, 6.45) is 0.960. The van der Waals surface area contributed by atoms with Crippen molar-refractivity contribution >= 4 is 23.5 Å². The second kappa shape index (κ2) is 10.2. The summed E-state index contributed by atoms with van der Waals surface area (Å²) in [5.41, 5.74) is 0.620. The number of carbonyl (C=O) groups is 3. The predicted octanol–water partition coefficient (Wildman–Crippen LogP) is 1.45. The number of nitrogens with one attached hydrogen (secondary N) is 1. The number of esters is 2. The Hall–Kier alpha value is -4.00. The highest BCUT2D eigenvalue weighted by molar-refractivity contribution is 5.99. The van der Waals surface area contributed by atoms with Crippen LogP contribution in [0.4, 0.5) is 5.69 Å². The highest BCUT2D eigenvalue weighted by atomic mass is 16.5. The summed E-state index contributed by atoms with van der Waals surface area (Å²) in [5, 5.41) is 16.1. The number of hydrogen-bond acceptors (Lipinski definition) is 8. The summed E-state index contributed by atoms with van der Waals surface area (Å²) in [5.74, 6) is -2.05. The number of amides is 1. The molecule has 0 atom stereocenters. The molecule has 0 unspecified atom stereocenters. The summed E-state index contributed by atoms with van der Waals surface area (Å²) in [7, 11) is 2.36. The van der Waals surface area contributed by atoms with Gasteiger partial charge in [-0.3, -0.25) is 9.59 Å². The molecule has 0 spiro atoms. The maximum absolute atomic E-state index is 12.6. The van der Waals surface area contributed by atoms with E-state index < -0.39 is 29.9 Å². The van der Waals surface area contributed by atoms with Crippen LogP contribution in [0, 0.1) is 11.3 Å². The molecule has 10 nitrogen and oxygen atoms in total. The highest BCUT2D eigenvalue weighted by Gasteiger charge is 2.18. The van der Waals surface area contributed by atoms with Crippen LogP contribution in [0.1, 0.15) is 51.4 Å². The Morgan fingerprint density at radius 2 is 1.65 bits per heavy atom. The predicted molar refractivity (Wildman–Crippen MR) is 110 cm³/mol. The van der Waals surface area contributed by atoms with Gasteiger partial charge in [0.25, 0.3) is 5.56 Å². The van der Waals surface area contributed by atoms with Crippen molar-refractivity contribution in [3.63, 3.8) is 0 Å². The number of methoxy groups -OCH3 is 2. The number of aryl methyl sites for hydroxylation is 1. The van der Waals surface area contributed by atoms with Crippen LogP contribution in [0.5, 0.6) is 0 Å². The van der Waals surface area contributed by atoms with Gasteiger partial charge < -0.3 is 14.8 Å². The second-order valence-corrected chi connectivity index (χ2v) is 6.41. The van der Waals surface area contributed by atoms with Gasteiger partial charge in [-0.05, 0) is 36.6 Å². The minimum Gasteiger partial charge on any atom is -0.465 e. The van der Waals surface area contributed by atoms with Crippen LogP contribution in [0.15, 0.2) is 23.0 Å². The van der Waals surface area contributed by atoms with Crippen molar-refractivity contribution in [2.24, 2.45) is 0 Å². The van der Waals surface area contributed by atoms with E-state index in [1.54, 1.807) is 0 Å². The van der Waals surface area contributed by atoms with Gasteiger partial charge in [0.1, 0.15) is 18.2 Å². The van der Waals surface area contributed by atoms with E-state index in [9.17, 15) is 24.4 Å². The fourth-order valence-corrected chi connectivity index (χ4v) is 3.05. The van der Waals surface area contributed by atoms with E-state index in [4.69, 9.17) is 0 Å². The molecule has 0 saturated heterocycles. The number of benzene rings is 1. The molecular weight excluding hydrogens is 404 g/mol. The minimum absolute atomic E-state index is 0.0309. The second-order valence-electron chi connectivity index (χ2n) is 6.41. The van der Waals surface area contributed by atoms with E-state index in [-0.39, 0.29) is 22.4 Å². The van der Waals surface area contributed by atoms with Crippen molar-refractivity contribution < 1.29 is 23.9 Å². The van der Waals surface area contributed by atoms with Crippen LogP contribution in [0.2, 0.25) is 0 Å². The molecule has 1 amide bonds. The number of anilines is 1. The molecule has 0 bridgehead atoms. The number of hydrogen-bond donors (Lipinski definition) is 1. The average Bonchev–Trinajstić information content (AvgIpc) is 2.78. The third-order valence-electron chi connectivity index (χ3n) is 4.49. The topological polar surface area (TPSA) is 140 Å². The molecule has 1 aromatic carbocycles. The monoisotopic (exact) mass is 426 g/mol. The van der Waals surface area contributed by atoms with Gasteiger partial charge in [0.2, 0.25) is 5.91 Å². The molecule has 1 heterocycles. The van der Waals surface area contributed by atoms with Gasteiger partial charge in [-0.25, -0.2) is 14.3 Å². The lowest BCUT2D eigenvalue weighted by atomic mass is 10.0. The Morgan fingerprint density at radius 1 is 1.06 bits per heavy atom. The lowest BCUT2D eigenvalue weighted by molar-refractivity contribution is -0.117. The Morgan fingerprint density at radius 3 is 2.10 bits per heavy atom. The normalized spacial score (nSPS) is 10.2. The van der Waals surface area contributed by atoms with Crippen molar-refractivity contribution in [2.75, 3.05) is 19.5 Å². The molecule has 0 fully saturated rings. The highest BCUT2D eigenvalue weighted by Crippen LogP contribution is 2.17. The number of ether oxygens (including phenoxy) is 2. The van der Waals surface area contributed by atoms with Crippen LogP contribution in [0.25, 0.3) is 0 Å². The number of aromatic nitrogens is 2. The van der Waals surface area contributed by atoms with Gasteiger partial charge in [0.15, 0.2) is 0 Å². The molecule has 10 heteroatoms. The van der Waals surface area contributed by atoms with E-state index in [1.165, 1.54) is 32.4 Å². The van der Waals surface area contributed by atoms with Crippen molar-refractivity contribution in [1.82, 2.24) is 9.78 Å². The average molecular weight is 426 g/mol. The lowest BCUT2D eigenvalue weighted by Crippen LogP contribution is -2.33. The van der Waals surface area contributed by atoms with Crippen molar-refractivity contribution in [1.29, 1.82) is 5.26 Å². The molecule has 1 aromatic heterocycles. The maximum Gasteiger partial charge on any atom is 0.337 e. The third-order valence-corrected chi connectivity index (χ3v) is 4.49. The summed E-state index contributed by atoms with van der Waals surface area (Å²) in [4.78, 5) is 48.9. The van der Waals surface area contributed by atoms with Crippen LogP contribution in [0.3, 0.4) is 0 Å². The summed E-state index contributed by atoms with van der Waals surface area (Å²) < 4.78 is 10.2. The summed E-state index contributed by atoms with van der Waals surface area (Å²) in [6, 6.07) is 5.82. The SMILES string of the molecule is CCc1nn(CC(=O)Nc2cc(C(=O)OC)cc(C(=O)OC)c2)c(=O)c(C#N)c1CC. The Kier molecular flexibility index (Phi) is 7.63. The molecular formula is C21H22N4O6. The first-order valence-electron chi connectivity index (χ1n) is 9.44. The third kappa shape index (κ3) is 5.14. The molecule has 0 aliphatic rings. The van der Waals surface area contributed by atoms with E-state index in [1.807, 2.05) is 19.9 Å². The number of carbonyl (C=O) groups excluding carboxylic acids is 3. The maximum atomic E-state index is 12.6. The van der Waals surface area contributed by atoms with Gasteiger partial charge in [0, 0.05) is 5.69 Å². The molecule has 0 aliphatic heterocycles. The van der Waals surface area contributed by atoms with E-state index in [0.717, 1.165) is 4.68 Å².